The summed E-state index contributed by atoms with van der Waals surface area (Å²) in [5.41, 5.74) is 0.879. The predicted octanol–water partition coefficient (Wildman–Crippen LogP) is 2.70. The maximum Gasteiger partial charge on any atom is 0.147 e. The summed E-state index contributed by atoms with van der Waals surface area (Å²) >= 11 is 11.2. The van der Waals surface area contributed by atoms with Crippen LogP contribution in [0.1, 0.15) is 5.69 Å². The minimum Gasteiger partial charge on any atom is -0.240 e. The zero-order valence-corrected chi connectivity index (χ0v) is 6.37. The molecule has 1 aromatic heterocycles. The largest absolute Gasteiger partial charge is 0.240 e. The molecule has 0 bridgehead atoms. The Kier molecular flexibility index (Phi) is 1.94. The van der Waals surface area contributed by atoms with Crippen LogP contribution in [0, 0.1) is 6.92 Å². The monoisotopic (exact) mass is 161 g/mol. The molecule has 0 radical (unpaired) electrons. The van der Waals surface area contributed by atoms with Crippen LogP contribution >= 0.6 is 23.2 Å². The van der Waals surface area contributed by atoms with Crippen LogP contribution in [-0.2, 0) is 0 Å². The van der Waals surface area contributed by atoms with Crippen molar-refractivity contribution in [2.24, 2.45) is 0 Å². The minimum atomic E-state index is 0.372. The maximum absolute atomic E-state index is 5.59. The molecular formula is C6H5Cl2N. The Bertz CT molecular complexity index is 222. The van der Waals surface area contributed by atoms with Crippen molar-refractivity contribution in [2.45, 2.75) is 6.92 Å². The zero-order valence-electron chi connectivity index (χ0n) is 4.86. The van der Waals surface area contributed by atoms with Crippen molar-refractivity contribution in [3.63, 3.8) is 0 Å². The van der Waals surface area contributed by atoms with Crippen molar-refractivity contribution in [3.05, 3.63) is 28.0 Å². The molecule has 0 N–H and O–H groups in total. The van der Waals surface area contributed by atoms with Crippen LogP contribution in [0.4, 0.5) is 0 Å². The van der Waals surface area contributed by atoms with Crippen LogP contribution in [0.2, 0.25) is 10.2 Å². The second-order valence-corrected chi connectivity index (χ2v) is 2.49. The van der Waals surface area contributed by atoms with Crippen molar-refractivity contribution < 1.29 is 0 Å². The first-order chi connectivity index (χ1) is 4.20. The Labute approximate surface area is 63.6 Å². The first kappa shape index (κ1) is 6.84. The van der Waals surface area contributed by atoms with Gasteiger partial charge in [-0.25, -0.2) is 4.98 Å². The molecule has 0 aromatic carbocycles. The highest BCUT2D eigenvalue weighted by atomic mass is 35.5. The average molecular weight is 162 g/mol. The van der Waals surface area contributed by atoms with Gasteiger partial charge in [-0.3, -0.25) is 0 Å². The van der Waals surface area contributed by atoms with Gasteiger partial charge in [-0.1, -0.05) is 23.2 Å². The number of pyridine rings is 1. The van der Waals surface area contributed by atoms with Crippen LogP contribution in [0.15, 0.2) is 12.1 Å². The fourth-order valence-electron chi connectivity index (χ4n) is 0.508. The van der Waals surface area contributed by atoms with E-state index in [0.717, 1.165) is 5.69 Å². The molecule has 1 aromatic rings. The lowest BCUT2D eigenvalue weighted by Crippen LogP contribution is -1.79. The van der Waals surface area contributed by atoms with E-state index in [-0.39, 0.29) is 0 Å². The van der Waals surface area contributed by atoms with Gasteiger partial charge in [-0.05, 0) is 19.1 Å². The van der Waals surface area contributed by atoms with Gasteiger partial charge in [0.05, 0.1) is 5.02 Å². The lowest BCUT2D eigenvalue weighted by Gasteiger charge is -1.93. The Morgan fingerprint density at radius 1 is 1.33 bits per heavy atom. The van der Waals surface area contributed by atoms with Gasteiger partial charge in [-0.2, -0.15) is 0 Å². The van der Waals surface area contributed by atoms with E-state index in [4.69, 9.17) is 23.2 Å². The number of rotatable bonds is 0. The van der Waals surface area contributed by atoms with Gasteiger partial charge in [0.25, 0.3) is 0 Å². The Morgan fingerprint density at radius 3 is 2.44 bits per heavy atom. The molecule has 9 heavy (non-hydrogen) atoms. The third-order valence-corrected chi connectivity index (χ3v) is 1.63. The second kappa shape index (κ2) is 2.54. The van der Waals surface area contributed by atoms with Gasteiger partial charge in [-0.15, -0.1) is 0 Å². The average Bonchev–Trinajstić information content (AvgIpc) is 1.80. The van der Waals surface area contributed by atoms with Gasteiger partial charge in [0.2, 0.25) is 0 Å². The summed E-state index contributed by atoms with van der Waals surface area (Å²) in [6, 6.07) is 3.54. The topological polar surface area (TPSA) is 12.9 Å². The number of hydrogen-bond acceptors (Lipinski definition) is 1. The third-order valence-electron chi connectivity index (χ3n) is 0.942. The van der Waals surface area contributed by atoms with Crippen LogP contribution < -0.4 is 0 Å². The van der Waals surface area contributed by atoms with Gasteiger partial charge < -0.3 is 0 Å². The van der Waals surface area contributed by atoms with Gasteiger partial charge >= 0.3 is 0 Å². The normalized spacial score (nSPS) is 9.67. The summed E-state index contributed by atoms with van der Waals surface area (Å²) in [4.78, 5) is 3.91. The van der Waals surface area contributed by atoms with Crippen LogP contribution in [0.25, 0.3) is 0 Å². The molecule has 0 aliphatic carbocycles. The van der Waals surface area contributed by atoms with E-state index in [0.29, 0.717) is 10.2 Å². The zero-order chi connectivity index (χ0) is 6.85. The van der Waals surface area contributed by atoms with Gasteiger partial charge in [0, 0.05) is 5.69 Å². The number of halogens is 2. The number of aryl methyl sites for hydroxylation is 1. The number of hydrogen-bond donors (Lipinski definition) is 0. The summed E-state index contributed by atoms with van der Waals surface area (Å²) in [5, 5.41) is 0.874. The standard InChI is InChI=1S/C6H5Cl2N/c1-4-2-3-5(7)6(8)9-4/h2-3H,1H3. The first-order valence-corrected chi connectivity index (χ1v) is 3.24. The molecule has 0 fully saturated rings. The lowest BCUT2D eigenvalue weighted by atomic mass is 10.4. The second-order valence-electron chi connectivity index (χ2n) is 1.73. The van der Waals surface area contributed by atoms with E-state index >= 15 is 0 Å². The van der Waals surface area contributed by atoms with Crippen LogP contribution in [0.5, 0.6) is 0 Å². The summed E-state index contributed by atoms with van der Waals surface area (Å²) in [7, 11) is 0. The fraction of sp³-hybridized carbons (Fsp3) is 0.167. The summed E-state index contributed by atoms with van der Waals surface area (Å²) in [6.07, 6.45) is 0. The molecule has 0 amide bonds. The van der Waals surface area contributed by atoms with Gasteiger partial charge in [0.1, 0.15) is 5.15 Å². The molecular weight excluding hydrogens is 157 g/mol. The number of nitrogens with zero attached hydrogens (tertiary/aromatic N) is 1. The van der Waals surface area contributed by atoms with Crippen molar-refractivity contribution in [3.8, 4) is 0 Å². The highest BCUT2D eigenvalue weighted by molar-refractivity contribution is 6.41. The molecule has 0 aliphatic heterocycles. The summed E-state index contributed by atoms with van der Waals surface area (Å²) in [6.45, 7) is 1.86. The van der Waals surface area contributed by atoms with Crippen LogP contribution in [-0.4, -0.2) is 4.98 Å². The maximum atomic E-state index is 5.59. The highest BCUT2D eigenvalue weighted by Gasteiger charge is 1.95. The van der Waals surface area contributed by atoms with E-state index < -0.39 is 0 Å². The van der Waals surface area contributed by atoms with Crippen LogP contribution in [0.3, 0.4) is 0 Å². The van der Waals surface area contributed by atoms with E-state index in [2.05, 4.69) is 4.98 Å². The first-order valence-electron chi connectivity index (χ1n) is 2.49. The Balaban J connectivity index is 3.17. The molecule has 1 heterocycles. The quantitative estimate of drug-likeness (QED) is 0.534. The predicted molar refractivity (Wildman–Crippen MR) is 39.0 cm³/mol. The molecule has 1 rings (SSSR count). The van der Waals surface area contributed by atoms with Crippen molar-refractivity contribution in [1.82, 2.24) is 4.98 Å². The summed E-state index contributed by atoms with van der Waals surface area (Å²) < 4.78 is 0. The van der Waals surface area contributed by atoms with Crippen molar-refractivity contribution in [2.75, 3.05) is 0 Å². The van der Waals surface area contributed by atoms with E-state index in [1.54, 1.807) is 6.07 Å². The third kappa shape index (κ3) is 1.57. The Morgan fingerprint density at radius 2 is 2.00 bits per heavy atom. The van der Waals surface area contributed by atoms with Crippen molar-refractivity contribution >= 4 is 23.2 Å². The molecule has 0 atom stereocenters. The molecule has 0 aliphatic rings. The molecule has 0 unspecified atom stereocenters. The molecule has 0 spiro atoms. The molecule has 0 saturated carbocycles. The van der Waals surface area contributed by atoms with E-state index in [9.17, 15) is 0 Å². The fourth-order valence-corrected chi connectivity index (χ4v) is 0.810. The minimum absolute atomic E-state index is 0.372. The highest BCUT2D eigenvalue weighted by Crippen LogP contribution is 2.18. The summed E-state index contributed by atoms with van der Waals surface area (Å²) in [5.74, 6) is 0. The van der Waals surface area contributed by atoms with E-state index in [1.165, 1.54) is 0 Å². The molecule has 48 valence electrons. The lowest BCUT2D eigenvalue weighted by molar-refractivity contribution is 1.20. The van der Waals surface area contributed by atoms with Crippen molar-refractivity contribution in [1.29, 1.82) is 0 Å². The SMILES string of the molecule is Cc1ccc(Cl)c(Cl)n1. The molecule has 3 heteroatoms. The number of aromatic nitrogens is 1. The smallest absolute Gasteiger partial charge is 0.147 e. The Hall–Kier alpha value is -0.270. The van der Waals surface area contributed by atoms with E-state index in [1.807, 2.05) is 13.0 Å². The molecule has 0 saturated heterocycles. The molecule has 1 nitrogen and oxygen atoms in total. The van der Waals surface area contributed by atoms with Gasteiger partial charge in [0.15, 0.2) is 0 Å².